The van der Waals surface area contributed by atoms with Gasteiger partial charge in [0, 0.05) is 17.7 Å². The number of nitro benzene ring substituents is 1. The molecule has 0 amide bonds. The van der Waals surface area contributed by atoms with Crippen LogP contribution in [0.25, 0.3) is 27.5 Å². The highest BCUT2D eigenvalue weighted by Gasteiger charge is 2.28. The van der Waals surface area contributed by atoms with Crippen LogP contribution >= 0.6 is 11.3 Å². The highest BCUT2D eigenvalue weighted by molar-refractivity contribution is 7.13. The Hall–Kier alpha value is -3.78. The van der Waals surface area contributed by atoms with Crippen LogP contribution in [-0.4, -0.2) is 27.3 Å². The van der Waals surface area contributed by atoms with Crippen LogP contribution in [0.1, 0.15) is 17.3 Å². The van der Waals surface area contributed by atoms with E-state index in [1.807, 2.05) is 47.8 Å². The Kier molecular flexibility index (Phi) is 5.40. The number of nitrogens with zero attached hydrogens (tertiary/aromatic N) is 3. The molecule has 0 radical (unpaired) electrons. The number of non-ortho nitro benzene ring substituents is 1. The summed E-state index contributed by atoms with van der Waals surface area (Å²) < 4.78 is 6.99. The molecule has 0 saturated heterocycles. The van der Waals surface area contributed by atoms with E-state index >= 15 is 0 Å². The van der Waals surface area contributed by atoms with Crippen molar-refractivity contribution in [2.45, 2.75) is 6.92 Å². The van der Waals surface area contributed by atoms with Gasteiger partial charge in [0.05, 0.1) is 27.8 Å². The third kappa shape index (κ3) is 3.60. The van der Waals surface area contributed by atoms with Crippen molar-refractivity contribution in [2.24, 2.45) is 0 Å². The summed E-state index contributed by atoms with van der Waals surface area (Å²) in [6.45, 7) is 1.99. The summed E-state index contributed by atoms with van der Waals surface area (Å²) in [5.41, 5.74) is 2.83. The summed E-state index contributed by atoms with van der Waals surface area (Å²) in [6, 6.07) is 19.3. The zero-order valence-corrected chi connectivity index (χ0v) is 16.8. The van der Waals surface area contributed by atoms with Gasteiger partial charge in [0.25, 0.3) is 5.69 Å². The first-order valence-corrected chi connectivity index (χ1v) is 10.1. The Bertz CT molecular complexity index is 1180. The quantitative estimate of drug-likeness (QED) is 0.239. The highest BCUT2D eigenvalue weighted by atomic mass is 32.1. The van der Waals surface area contributed by atoms with Crippen molar-refractivity contribution in [3.63, 3.8) is 0 Å². The Morgan fingerprint density at radius 3 is 2.43 bits per heavy atom. The molecular weight excluding hydrogens is 402 g/mol. The fraction of sp³-hybridized carbons (Fsp3) is 0.0909. The number of esters is 1. The van der Waals surface area contributed by atoms with Crippen LogP contribution in [0.4, 0.5) is 5.69 Å². The molecule has 8 heteroatoms. The normalized spacial score (nSPS) is 10.7. The summed E-state index contributed by atoms with van der Waals surface area (Å²) >= 11 is 1.47. The predicted molar refractivity (Wildman–Crippen MR) is 115 cm³/mol. The second kappa shape index (κ2) is 8.30. The summed E-state index contributed by atoms with van der Waals surface area (Å²) in [5, 5.41) is 17.7. The molecule has 0 atom stereocenters. The molecule has 0 unspecified atom stereocenters. The van der Waals surface area contributed by atoms with Gasteiger partial charge in [-0.2, -0.15) is 5.10 Å². The summed E-state index contributed by atoms with van der Waals surface area (Å²) in [4.78, 5) is 24.4. The van der Waals surface area contributed by atoms with E-state index in [9.17, 15) is 14.9 Å². The largest absolute Gasteiger partial charge is 0.462 e. The lowest BCUT2D eigenvalue weighted by molar-refractivity contribution is -0.384. The Balaban J connectivity index is 2.00. The first kappa shape index (κ1) is 19.5. The predicted octanol–water partition coefficient (Wildman–Crippen LogP) is 5.35. The van der Waals surface area contributed by atoms with Crippen molar-refractivity contribution in [2.75, 3.05) is 6.61 Å². The van der Waals surface area contributed by atoms with E-state index in [4.69, 9.17) is 9.84 Å². The third-order valence-corrected chi connectivity index (χ3v) is 5.35. The molecular formula is C22H17N3O4S. The number of thiophene rings is 1. The Labute approximate surface area is 176 Å². The first-order valence-electron chi connectivity index (χ1n) is 9.24. The van der Waals surface area contributed by atoms with E-state index in [0.29, 0.717) is 22.6 Å². The van der Waals surface area contributed by atoms with Gasteiger partial charge in [0.2, 0.25) is 0 Å². The van der Waals surface area contributed by atoms with Gasteiger partial charge < -0.3 is 4.74 Å². The fourth-order valence-corrected chi connectivity index (χ4v) is 3.88. The summed E-state index contributed by atoms with van der Waals surface area (Å²) in [5.74, 6) is -0.465. The number of ether oxygens (including phenoxy) is 1. The molecule has 0 aliphatic carbocycles. The minimum atomic E-state index is -0.465. The van der Waals surface area contributed by atoms with Crippen LogP contribution in [0.5, 0.6) is 0 Å². The van der Waals surface area contributed by atoms with Crippen LogP contribution < -0.4 is 0 Å². The molecule has 0 spiro atoms. The zero-order valence-electron chi connectivity index (χ0n) is 16.0. The van der Waals surface area contributed by atoms with Crippen LogP contribution in [0, 0.1) is 10.1 Å². The average Bonchev–Trinajstić information content (AvgIpc) is 3.42. The molecule has 4 aromatic rings. The second-order valence-electron chi connectivity index (χ2n) is 6.32. The number of carbonyl (C=O) groups is 1. The second-order valence-corrected chi connectivity index (χ2v) is 7.27. The van der Waals surface area contributed by atoms with Crippen molar-refractivity contribution >= 4 is 23.0 Å². The maximum absolute atomic E-state index is 13.0. The number of carbonyl (C=O) groups excluding carboxylic acids is 1. The van der Waals surface area contributed by atoms with Gasteiger partial charge in [0.1, 0.15) is 11.3 Å². The smallest absolute Gasteiger partial charge is 0.342 e. The first-order chi connectivity index (χ1) is 14.6. The van der Waals surface area contributed by atoms with Crippen LogP contribution in [0.2, 0.25) is 0 Å². The molecule has 0 fully saturated rings. The summed E-state index contributed by atoms with van der Waals surface area (Å²) in [7, 11) is 0. The lowest BCUT2D eigenvalue weighted by atomic mass is 10.0. The minimum Gasteiger partial charge on any atom is -0.462 e. The molecule has 7 nitrogen and oxygen atoms in total. The lowest BCUT2D eigenvalue weighted by Gasteiger charge is -2.10. The number of hydrogen-bond donors (Lipinski definition) is 0. The molecule has 0 saturated carbocycles. The van der Waals surface area contributed by atoms with Gasteiger partial charge >= 0.3 is 5.97 Å². The fourth-order valence-electron chi connectivity index (χ4n) is 3.17. The van der Waals surface area contributed by atoms with Crippen molar-refractivity contribution in [3.8, 4) is 27.5 Å². The standard InChI is InChI=1S/C22H17N3O4S/c1-2-29-22(26)19-20(18-9-6-14-30-18)23-24(21(19)15-7-4-3-5-8-15)16-10-12-17(13-11-16)25(27)28/h3-14H,2H2,1H3. The van der Waals surface area contributed by atoms with E-state index in [0.717, 1.165) is 10.4 Å². The molecule has 150 valence electrons. The Morgan fingerprint density at radius 1 is 1.10 bits per heavy atom. The maximum Gasteiger partial charge on any atom is 0.342 e. The van der Waals surface area contributed by atoms with Crippen LogP contribution in [-0.2, 0) is 4.74 Å². The average molecular weight is 419 g/mol. The number of rotatable bonds is 6. The SMILES string of the molecule is CCOC(=O)c1c(-c2cccs2)nn(-c2ccc([N+](=O)[O-])cc2)c1-c1ccccc1. The summed E-state index contributed by atoms with van der Waals surface area (Å²) in [6.07, 6.45) is 0. The number of nitro groups is 1. The molecule has 2 aromatic carbocycles. The molecule has 2 aromatic heterocycles. The van der Waals surface area contributed by atoms with E-state index in [1.165, 1.54) is 23.5 Å². The topological polar surface area (TPSA) is 87.3 Å². The molecule has 0 aliphatic heterocycles. The monoisotopic (exact) mass is 419 g/mol. The van der Waals surface area contributed by atoms with Crippen molar-refractivity contribution in [1.82, 2.24) is 9.78 Å². The van der Waals surface area contributed by atoms with Gasteiger partial charge in [-0.15, -0.1) is 11.3 Å². The van der Waals surface area contributed by atoms with Crippen molar-refractivity contribution in [3.05, 3.63) is 87.8 Å². The van der Waals surface area contributed by atoms with Gasteiger partial charge in [-0.05, 0) is 30.5 Å². The lowest BCUT2D eigenvalue weighted by Crippen LogP contribution is -2.08. The number of aromatic nitrogens is 2. The molecule has 0 aliphatic rings. The molecule has 0 N–H and O–H groups in total. The van der Waals surface area contributed by atoms with Crippen LogP contribution in [0.3, 0.4) is 0 Å². The molecule has 0 bridgehead atoms. The zero-order chi connectivity index (χ0) is 21.1. The van der Waals surface area contributed by atoms with E-state index in [1.54, 1.807) is 23.7 Å². The van der Waals surface area contributed by atoms with Crippen molar-refractivity contribution in [1.29, 1.82) is 0 Å². The molecule has 2 heterocycles. The molecule has 30 heavy (non-hydrogen) atoms. The number of hydrogen-bond acceptors (Lipinski definition) is 6. The van der Waals surface area contributed by atoms with Crippen molar-refractivity contribution < 1.29 is 14.5 Å². The minimum absolute atomic E-state index is 0.0173. The third-order valence-electron chi connectivity index (χ3n) is 4.47. The van der Waals surface area contributed by atoms with Gasteiger partial charge in [-0.3, -0.25) is 10.1 Å². The highest BCUT2D eigenvalue weighted by Crippen LogP contribution is 2.36. The number of benzene rings is 2. The Morgan fingerprint density at radius 2 is 1.83 bits per heavy atom. The van der Waals surface area contributed by atoms with Gasteiger partial charge in [-0.1, -0.05) is 36.4 Å². The van der Waals surface area contributed by atoms with E-state index < -0.39 is 10.9 Å². The van der Waals surface area contributed by atoms with Crippen LogP contribution in [0.15, 0.2) is 72.1 Å². The maximum atomic E-state index is 13.0. The van der Waals surface area contributed by atoms with E-state index in [2.05, 4.69) is 0 Å². The van der Waals surface area contributed by atoms with Gasteiger partial charge in [0.15, 0.2) is 0 Å². The van der Waals surface area contributed by atoms with Gasteiger partial charge in [-0.25, -0.2) is 9.48 Å². The molecule has 4 rings (SSSR count). The van der Waals surface area contributed by atoms with E-state index in [-0.39, 0.29) is 12.3 Å².